The molecule has 3 rings (SSSR count). The van der Waals surface area contributed by atoms with Gasteiger partial charge in [-0.2, -0.15) is 0 Å². The van der Waals surface area contributed by atoms with Gasteiger partial charge in [0.1, 0.15) is 18.1 Å². The number of benzene rings is 3. The molecule has 0 aromatic heterocycles. The summed E-state index contributed by atoms with van der Waals surface area (Å²) in [5.41, 5.74) is 5.22. The van der Waals surface area contributed by atoms with Crippen molar-refractivity contribution in [1.29, 1.82) is 0 Å². The number of aliphatic hydroxyl groups is 1. The maximum Gasteiger partial charge on any atom is 0.341 e. The maximum absolute atomic E-state index is 14.1. The van der Waals surface area contributed by atoms with E-state index < -0.39 is 18.4 Å². The number of carbonyl (C=O) groups is 1. The molecule has 0 bridgehead atoms. The van der Waals surface area contributed by atoms with Crippen LogP contribution in [0.15, 0.2) is 54.6 Å². The van der Waals surface area contributed by atoms with Crippen molar-refractivity contribution in [2.45, 2.75) is 26.9 Å². The number of ether oxygens (including phenoxy) is 3. The minimum atomic E-state index is -1.18. The zero-order chi connectivity index (χ0) is 23.8. The highest BCUT2D eigenvalue weighted by Crippen LogP contribution is 2.32. The van der Waals surface area contributed by atoms with Gasteiger partial charge in [0.05, 0.1) is 6.61 Å². The lowest BCUT2D eigenvalue weighted by molar-refractivity contribution is -0.139. The van der Waals surface area contributed by atoms with Crippen molar-refractivity contribution in [2.75, 3.05) is 19.8 Å². The van der Waals surface area contributed by atoms with Crippen LogP contribution in [0.3, 0.4) is 0 Å². The SMILES string of the molecule is Cc1cc(OCCCO)cc(C)c1-c1cccc(COc2ccc(OCC(=O)O)c(F)c2)c1. The molecule has 0 saturated carbocycles. The van der Waals surface area contributed by atoms with Gasteiger partial charge in [0, 0.05) is 19.1 Å². The zero-order valence-electron chi connectivity index (χ0n) is 18.6. The van der Waals surface area contributed by atoms with Crippen LogP contribution < -0.4 is 14.2 Å². The van der Waals surface area contributed by atoms with Crippen molar-refractivity contribution < 1.29 is 33.6 Å². The number of aryl methyl sites for hydroxylation is 2. The van der Waals surface area contributed by atoms with E-state index in [1.165, 1.54) is 18.2 Å². The fraction of sp³-hybridized carbons (Fsp3) is 0.269. The van der Waals surface area contributed by atoms with Crippen LogP contribution >= 0.6 is 0 Å². The standard InChI is InChI=1S/C26H27FO6/c1-17-11-22(31-10-4-9-28)12-18(2)26(17)20-6-3-5-19(13-20)15-32-21-7-8-24(23(27)14-21)33-16-25(29)30/h3,5-8,11-14,28H,4,9-10,15-16H2,1-2H3,(H,29,30). The molecule has 174 valence electrons. The molecule has 0 radical (unpaired) electrons. The van der Waals surface area contributed by atoms with E-state index in [0.717, 1.165) is 33.6 Å². The van der Waals surface area contributed by atoms with Gasteiger partial charge in [-0.3, -0.25) is 0 Å². The monoisotopic (exact) mass is 454 g/mol. The van der Waals surface area contributed by atoms with E-state index >= 15 is 0 Å². The van der Waals surface area contributed by atoms with Crippen LogP contribution in [0.1, 0.15) is 23.1 Å². The van der Waals surface area contributed by atoms with Crippen molar-refractivity contribution in [2.24, 2.45) is 0 Å². The molecule has 7 heteroatoms. The number of carboxylic acids is 1. The Bertz CT molecular complexity index is 1090. The Morgan fingerprint density at radius 2 is 1.70 bits per heavy atom. The lowest BCUT2D eigenvalue weighted by Crippen LogP contribution is -2.10. The molecule has 0 atom stereocenters. The average molecular weight is 454 g/mol. The van der Waals surface area contributed by atoms with Crippen molar-refractivity contribution >= 4 is 5.97 Å². The Hall–Kier alpha value is -3.58. The summed E-state index contributed by atoms with van der Waals surface area (Å²) in [6, 6.07) is 16.0. The minimum Gasteiger partial charge on any atom is -0.493 e. The summed E-state index contributed by atoms with van der Waals surface area (Å²) < 4.78 is 30.4. The minimum absolute atomic E-state index is 0.0974. The van der Waals surface area contributed by atoms with Gasteiger partial charge in [-0.05, 0) is 72.0 Å². The highest BCUT2D eigenvalue weighted by Gasteiger charge is 2.11. The van der Waals surface area contributed by atoms with E-state index in [-0.39, 0.29) is 19.0 Å². The molecular formula is C26H27FO6. The van der Waals surface area contributed by atoms with Crippen LogP contribution in [0, 0.1) is 19.7 Å². The van der Waals surface area contributed by atoms with Gasteiger partial charge in [-0.1, -0.05) is 18.2 Å². The molecular weight excluding hydrogens is 427 g/mol. The summed E-state index contributed by atoms with van der Waals surface area (Å²) in [5, 5.41) is 17.6. The first-order valence-electron chi connectivity index (χ1n) is 10.6. The van der Waals surface area contributed by atoms with E-state index in [9.17, 15) is 9.18 Å². The Kier molecular flexibility index (Phi) is 8.27. The third-order valence-corrected chi connectivity index (χ3v) is 4.95. The molecule has 33 heavy (non-hydrogen) atoms. The number of carboxylic acid groups (broad SMARTS) is 1. The van der Waals surface area contributed by atoms with Crippen molar-refractivity contribution in [1.82, 2.24) is 0 Å². The Labute approximate surface area is 192 Å². The molecule has 0 heterocycles. The molecule has 0 unspecified atom stereocenters. The van der Waals surface area contributed by atoms with Gasteiger partial charge in [-0.15, -0.1) is 0 Å². The second kappa shape index (κ2) is 11.3. The third-order valence-electron chi connectivity index (χ3n) is 4.95. The van der Waals surface area contributed by atoms with E-state index in [4.69, 9.17) is 24.4 Å². The molecule has 0 aliphatic rings. The van der Waals surface area contributed by atoms with E-state index in [2.05, 4.69) is 0 Å². The van der Waals surface area contributed by atoms with Gasteiger partial charge in [0.25, 0.3) is 0 Å². The molecule has 6 nitrogen and oxygen atoms in total. The lowest BCUT2D eigenvalue weighted by atomic mass is 9.94. The van der Waals surface area contributed by atoms with Gasteiger partial charge in [-0.25, -0.2) is 9.18 Å². The van der Waals surface area contributed by atoms with E-state index in [0.29, 0.717) is 18.8 Å². The molecule has 0 saturated heterocycles. The van der Waals surface area contributed by atoms with Gasteiger partial charge < -0.3 is 24.4 Å². The van der Waals surface area contributed by atoms with E-state index in [1.54, 1.807) is 0 Å². The van der Waals surface area contributed by atoms with Crippen LogP contribution in [0.5, 0.6) is 17.2 Å². The first-order chi connectivity index (χ1) is 15.9. The van der Waals surface area contributed by atoms with Crippen LogP contribution in [0.25, 0.3) is 11.1 Å². The number of aliphatic carboxylic acids is 1. The van der Waals surface area contributed by atoms with Crippen molar-refractivity contribution in [3.05, 3.63) is 77.1 Å². The Morgan fingerprint density at radius 1 is 0.939 bits per heavy atom. The molecule has 0 aliphatic carbocycles. The molecule has 3 aromatic carbocycles. The van der Waals surface area contributed by atoms with Gasteiger partial charge in [0.2, 0.25) is 0 Å². The number of halogens is 1. The maximum atomic E-state index is 14.1. The quantitative estimate of drug-likeness (QED) is 0.401. The van der Waals surface area contributed by atoms with E-state index in [1.807, 2.05) is 50.2 Å². The summed E-state index contributed by atoms with van der Waals surface area (Å²) in [7, 11) is 0. The number of aliphatic hydroxyl groups excluding tert-OH is 1. The summed E-state index contributed by atoms with van der Waals surface area (Å²) in [6.07, 6.45) is 0.587. The van der Waals surface area contributed by atoms with Crippen LogP contribution in [0.2, 0.25) is 0 Å². The van der Waals surface area contributed by atoms with Crippen molar-refractivity contribution in [3.8, 4) is 28.4 Å². The number of hydrogen-bond donors (Lipinski definition) is 2. The molecule has 3 aromatic rings. The molecule has 0 aliphatic heterocycles. The normalized spacial score (nSPS) is 10.7. The molecule has 2 N–H and O–H groups in total. The van der Waals surface area contributed by atoms with Crippen molar-refractivity contribution in [3.63, 3.8) is 0 Å². The predicted octanol–water partition coefficient (Wildman–Crippen LogP) is 4.91. The number of rotatable bonds is 11. The summed E-state index contributed by atoms with van der Waals surface area (Å²) >= 11 is 0. The topological polar surface area (TPSA) is 85.2 Å². The fourth-order valence-corrected chi connectivity index (χ4v) is 3.53. The largest absolute Gasteiger partial charge is 0.493 e. The Balaban J connectivity index is 1.70. The first kappa shape index (κ1) is 24.1. The summed E-state index contributed by atoms with van der Waals surface area (Å²) in [6.45, 7) is 4.25. The molecule has 0 fully saturated rings. The van der Waals surface area contributed by atoms with Crippen LogP contribution in [-0.2, 0) is 11.4 Å². The fourth-order valence-electron chi connectivity index (χ4n) is 3.53. The summed E-state index contributed by atoms with van der Waals surface area (Å²) in [5.74, 6) is -0.905. The van der Waals surface area contributed by atoms with Crippen LogP contribution in [-0.4, -0.2) is 36.0 Å². The lowest BCUT2D eigenvalue weighted by Gasteiger charge is -2.15. The zero-order valence-corrected chi connectivity index (χ0v) is 18.6. The van der Waals surface area contributed by atoms with Gasteiger partial charge >= 0.3 is 5.97 Å². The first-order valence-corrected chi connectivity index (χ1v) is 10.6. The second-order valence-corrected chi connectivity index (χ2v) is 7.62. The highest BCUT2D eigenvalue weighted by molar-refractivity contribution is 5.72. The average Bonchev–Trinajstić information content (AvgIpc) is 2.77. The Morgan fingerprint density at radius 3 is 2.36 bits per heavy atom. The second-order valence-electron chi connectivity index (χ2n) is 7.62. The molecule has 0 spiro atoms. The van der Waals surface area contributed by atoms with Crippen LogP contribution in [0.4, 0.5) is 4.39 Å². The van der Waals surface area contributed by atoms with Gasteiger partial charge in [0.15, 0.2) is 18.2 Å². The predicted molar refractivity (Wildman–Crippen MR) is 122 cm³/mol. The summed E-state index contributed by atoms with van der Waals surface area (Å²) in [4.78, 5) is 10.6. The smallest absolute Gasteiger partial charge is 0.341 e. The third kappa shape index (κ3) is 6.70. The number of hydrogen-bond acceptors (Lipinski definition) is 5. The highest BCUT2D eigenvalue weighted by atomic mass is 19.1. The molecule has 0 amide bonds.